The topological polar surface area (TPSA) is 89.8 Å². The van der Waals surface area contributed by atoms with Gasteiger partial charge in [0, 0.05) is 0 Å². The molecular weight excluding hydrogens is 486 g/mol. The molecule has 0 aromatic carbocycles. The van der Waals surface area contributed by atoms with Gasteiger partial charge >= 0.3 is 0 Å². The highest BCUT2D eigenvalue weighted by Crippen LogP contribution is 2.14. The number of aliphatic hydroxyl groups excluding tert-OH is 3. The van der Waals surface area contributed by atoms with E-state index in [4.69, 9.17) is 0 Å². The maximum atomic E-state index is 12.3. The van der Waals surface area contributed by atoms with Gasteiger partial charge in [0.1, 0.15) is 0 Å². The Morgan fingerprint density at radius 3 is 1.64 bits per heavy atom. The smallest absolute Gasteiger partial charge is 0.222 e. The van der Waals surface area contributed by atoms with Crippen molar-refractivity contribution in [1.29, 1.82) is 0 Å². The van der Waals surface area contributed by atoms with Crippen LogP contribution in [0, 0.1) is 0 Å². The Kier molecular flexibility index (Phi) is 28.9. The van der Waals surface area contributed by atoms with Crippen molar-refractivity contribution in [3.8, 4) is 0 Å². The Labute approximate surface area is 241 Å². The summed E-state index contributed by atoms with van der Waals surface area (Å²) in [6.45, 7) is 4.14. The van der Waals surface area contributed by atoms with Gasteiger partial charge < -0.3 is 20.6 Å². The van der Waals surface area contributed by atoms with Crippen LogP contribution in [0.5, 0.6) is 0 Å². The van der Waals surface area contributed by atoms with E-state index in [-0.39, 0.29) is 18.9 Å². The molecule has 3 atom stereocenters. The molecule has 3 unspecified atom stereocenters. The number of hydrogen-bond acceptors (Lipinski definition) is 4. The van der Waals surface area contributed by atoms with Crippen molar-refractivity contribution < 1.29 is 20.1 Å². The lowest BCUT2D eigenvalue weighted by Gasteiger charge is -2.21. The molecule has 0 saturated carbocycles. The summed E-state index contributed by atoms with van der Waals surface area (Å²) in [6.07, 6.45) is 33.0. The highest BCUT2D eigenvalue weighted by molar-refractivity contribution is 5.76. The van der Waals surface area contributed by atoms with E-state index in [1.165, 1.54) is 103 Å². The Bertz CT molecular complexity index is 578. The van der Waals surface area contributed by atoms with Crippen molar-refractivity contribution >= 4 is 5.91 Å². The monoisotopic (exact) mass is 551 g/mol. The summed E-state index contributed by atoms with van der Waals surface area (Å²) < 4.78 is 0. The van der Waals surface area contributed by atoms with E-state index >= 15 is 0 Å². The summed E-state index contributed by atoms with van der Waals surface area (Å²) in [4.78, 5) is 12.3. The van der Waals surface area contributed by atoms with Crippen molar-refractivity contribution in [2.24, 2.45) is 0 Å². The van der Waals surface area contributed by atoms with Crippen LogP contribution in [0.1, 0.15) is 162 Å². The lowest BCUT2D eigenvalue weighted by molar-refractivity contribution is -0.124. The average molecular weight is 552 g/mol. The molecule has 0 aliphatic heterocycles. The molecular formula is C34H65NO4. The first-order valence-corrected chi connectivity index (χ1v) is 16.6. The highest BCUT2D eigenvalue weighted by atomic mass is 16.3. The third-order valence-corrected chi connectivity index (χ3v) is 7.49. The standard InChI is InChI=1S/C34H65NO4/c1-3-5-7-9-11-13-15-16-17-18-19-21-23-25-27-31(37)29-34(39)35-32(30-36)33(38)28-26-24-22-20-14-12-10-8-6-4-2/h14,20,26,28,31-33,36-38H,3-13,15-19,21-25,27,29-30H2,1-2H3,(H,35,39)/b20-14+,28-26+. The van der Waals surface area contributed by atoms with E-state index in [2.05, 4.69) is 31.3 Å². The largest absolute Gasteiger partial charge is 0.394 e. The number of amides is 1. The Balaban J connectivity index is 3.78. The third kappa shape index (κ3) is 26.8. The SMILES string of the molecule is CCCCCC/C=C/CC/C=C/C(O)C(CO)NC(=O)CC(O)CCCCCCCCCCCCCCCC. The number of aliphatic hydroxyl groups is 3. The van der Waals surface area contributed by atoms with Gasteiger partial charge in [0.25, 0.3) is 0 Å². The van der Waals surface area contributed by atoms with Crippen LogP contribution in [0.2, 0.25) is 0 Å². The van der Waals surface area contributed by atoms with Gasteiger partial charge in [0.2, 0.25) is 5.91 Å². The minimum absolute atomic E-state index is 0.00836. The minimum Gasteiger partial charge on any atom is -0.394 e. The fourth-order valence-electron chi connectivity index (χ4n) is 4.88. The second kappa shape index (κ2) is 29.8. The molecule has 39 heavy (non-hydrogen) atoms. The first-order chi connectivity index (χ1) is 19.0. The fraction of sp³-hybridized carbons (Fsp3) is 0.853. The van der Waals surface area contributed by atoms with Crippen LogP contribution in [-0.2, 0) is 4.79 Å². The molecule has 1 amide bonds. The van der Waals surface area contributed by atoms with E-state index in [9.17, 15) is 20.1 Å². The number of unbranched alkanes of at least 4 members (excludes halogenated alkanes) is 18. The maximum absolute atomic E-state index is 12.3. The molecule has 0 rings (SSSR count). The predicted molar refractivity (Wildman–Crippen MR) is 167 cm³/mol. The van der Waals surface area contributed by atoms with Crippen LogP contribution >= 0.6 is 0 Å². The van der Waals surface area contributed by atoms with Crippen LogP contribution in [-0.4, -0.2) is 46.1 Å². The average Bonchev–Trinajstić information content (AvgIpc) is 2.92. The fourth-order valence-corrected chi connectivity index (χ4v) is 4.88. The molecule has 0 radical (unpaired) electrons. The molecule has 0 aromatic heterocycles. The zero-order chi connectivity index (χ0) is 28.8. The third-order valence-electron chi connectivity index (χ3n) is 7.49. The molecule has 0 bridgehead atoms. The Hall–Kier alpha value is -1.17. The first-order valence-electron chi connectivity index (χ1n) is 16.6. The van der Waals surface area contributed by atoms with Gasteiger partial charge in [-0.1, -0.05) is 147 Å². The quantitative estimate of drug-likeness (QED) is 0.0556. The number of rotatable bonds is 29. The highest BCUT2D eigenvalue weighted by Gasteiger charge is 2.20. The predicted octanol–water partition coefficient (Wildman–Crippen LogP) is 8.31. The Morgan fingerprint density at radius 2 is 1.10 bits per heavy atom. The van der Waals surface area contributed by atoms with Crippen LogP contribution < -0.4 is 5.32 Å². The lowest BCUT2D eigenvalue weighted by atomic mass is 10.0. The molecule has 0 fully saturated rings. The number of nitrogens with one attached hydrogen (secondary N) is 1. The van der Waals surface area contributed by atoms with E-state index < -0.39 is 18.2 Å². The second-order valence-corrected chi connectivity index (χ2v) is 11.4. The van der Waals surface area contributed by atoms with Crippen LogP contribution in [0.25, 0.3) is 0 Å². The second-order valence-electron chi connectivity index (χ2n) is 11.4. The molecule has 230 valence electrons. The number of allylic oxidation sites excluding steroid dienone is 3. The molecule has 0 aliphatic rings. The van der Waals surface area contributed by atoms with E-state index in [1.807, 2.05) is 6.08 Å². The van der Waals surface area contributed by atoms with Gasteiger partial charge in [-0.15, -0.1) is 0 Å². The zero-order valence-corrected chi connectivity index (χ0v) is 25.8. The molecule has 0 aliphatic carbocycles. The normalized spacial score (nSPS) is 14.3. The molecule has 0 spiro atoms. The van der Waals surface area contributed by atoms with Crippen molar-refractivity contribution in [3.05, 3.63) is 24.3 Å². The summed E-state index contributed by atoms with van der Waals surface area (Å²) >= 11 is 0. The van der Waals surface area contributed by atoms with E-state index in [0.29, 0.717) is 6.42 Å². The molecule has 4 N–H and O–H groups in total. The lowest BCUT2D eigenvalue weighted by Crippen LogP contribution is -2.45. The van der Waals surface area contributed by atoms with Crippen LogP contribution in [0.15, 0.2) is 24.3 Å². The summed E-state index contributed by atoms with van der Waals surface area (Å²) in [5.74, 6) is -0.328. The van der Waals surface area contributed by atoms with Gasteiger partial charge in [-0.05, 0) is 32.1 Å². The van der Waals surface area contributed by atoms with Crippen molar-refractivity contribution in [2.75, 3.05) is 6.61 Å². The number of carbonyl (C=O) groups is 1. The minimum atomic E-state index is -0.945. The van der Waals surface area contributed by atoms with Crippen molar-refractivity contribution in [3.63, 3.8) is 0 Å². The molecule has 0 heterocycles. The van der Waals surface area contributed by atoms with Crippen LogP contribution in [0.4, 0.5) is 0 Å². The Morgan fingerprint density at radius 1 is 0.641 bits per heavy atom. The summed E-state index contributed by atoms with van der Waals surface area (Å²) in [5.41, 5.74) is 0. The van der Waals surface area contributed by atoms with Gasteiger partial charge in [-0.2, -0.15) is 0 Å². The molecule has 5 nitrogen and oxygen atoms in total. The maximum Gasteiger partial charge on any atom is 0.222 e. The number of carbonyl (C=O) groups excluding carboxylic acids is 1. The van der Waals surface area contributed by atoms with E-state index in [1.54, 1.807) is 6.08 Å². The molecule has 5 heteroatoms. The summed E-state index contributed by atoms with van der Waals surface area (Å²) in [7, 11) is 0. The summed E-state index contributed by atoms with van der Waals surface area (Å²) in [6, 6.07) is -0.754. The van der Waals surface area contributed by atoms with Gasteiger partial charge in [0.05, 0.1) is 31.3 Å². The first kappa shape index (κ1) is 37.8. The van der Waals surface area contributed by atoms with Crippen LogP contribution in [0.3, 0.4) is 0 Å². The summed E-state index contributed by atoms with van der Waals surface area (Å²) in [5, 5.41) is 32.8. The van der Waals surface area contributed by atoms with Crippen molar-refractivity contribution in [1.82, 2.24) is 5.32 Å². The van der Waals surface area contributed by atoms with Crippen molar-refractivity contribution in [2.45, 2.75) is 180 Å². The molecule has 0 aromatic rings. The number of hydrogen-bond donors (Lipinski definition) is 4. The van der Waals surface area contributed by atoms with Gasteiger partial charge in [-0.3, -0.25) is 4.79 Å². The van der Waals surface area contributed by atoms with E-state index in [0.717, 1.165) is 32.1 Å². The van der Waals surface area contributed by atoms with Gasteiger partial charge in [-0.25, -0.2) is 0 Å². The molecule has 0 saturated heterocycles. The van der Waals surface area contributed by atoms with Gasteiger partial charge in [0.15, 0.2) is 0 Å². The zero-order valence-electron chi connectivity index (χ0n) is 25.8.